The van der Waals surface area contributed by atoms with Crippen molar-refractivity contribution in [3.63, 3.8) is 0 Å². The second-order valence-corrected chi connectivity index (χ2v) is 4.80. The highest BCUT2D eigenvalue weighted by atomic mass is 35.5. The molecule has 0 unspecified atom stereocenters. The van der Waals surface area contributed by atoms with Crippen LogP contribution in [0.1, 0.15) is 54.7 Å². The molecule has 0 N–H and O–H groups in total. The summed E-state index contributed by atoms with van der Waals surface area (Å²) >= 11 is 5.58. The SMILES string of the molecule is [2H][C@@H](Cl)/C=C(\C)CC/C=C(/C)CCC=C(C)C. The van der Waals surface area contributed by atoms with Crippen molar-refractivity contribution in [2.45, 2.75) is 53.4 Å². The van der Waals surface area contributed by atoms with Crippen LogP contribution in [0.25, 0.3) is 0 Å². The van der Waals surface area contributed by atoms with E-state index in [1.165, 1.54) is 16.7 Å². The molecule has 0 nitrogen and oxygen atoms in total. The molecule has 0 saturated heterocycles. The Bertz CT molecular complexity index is 294. The van der Waals surface area contributed by atoms with Gasteiger partial charge in [0.15, 0.2) is 0 Å². The Balaban J connectivity index is 3.88. The van der Waals surface area contributed by atoms with Crippen LogP contribution in [-0.4, -0.2) is 5.86 Å². The van der Waals surface area contributed by atoms with Crippen LogP contribution in [0.5, 0.6) is 0 Å². The van der Waals surface area contributed by atoms with Gasteiger partial charge in [-0.05, 0) is 53.4 Å². The molecule has 0 aromatic heterocycles. The van der Waals surface area contributed by atoms with Crippen LogP contribution in [0.3, 0.4) is 0 Å². The van der Waals surface area contributed by atoms with E-state index in [1.54, 1.807) is 6.08 Å². The van der Waals surface area contributed by atoms with E-state index in [-0.39, 0.29) is 0 Å². The summed E-state index contributed by atoms with van der Waals surface area (Å²) < 4.78 is 7.23. The van der Waals surface area contributed by atoms with Gasteiger partial charge in [-0.25, -0.2) is 0 Å². The first-order valence-electron chi connectivity index (χ1n) is 6.52. The Kier molecular flexibility index (Phi) is 8.24. The molecule has 0 saturated carbocycles. The molecule has 16 heavy (non-hydrogen) atoms. The van der Waals surface area contributed by atoms with Crippen molar-refractivity contribution in [3.8, 4) is 0 Å². The highest BCUT2D eigenvalue weighted by Crippen LogP contribution is 2.11. The zero-order chi connectivity index (χ0) is 13.3. The van der Waals surface area contributed by atoms with Crippen LogP contribution in [0, 0.1) is 0 Å². The number of halogens is 1. The lowest BCUT2D eigenvalue weighted by atomic mass is 10.1. The summed E-state index contributed by atoms with van der Waals surface area (Å²) in [6.07, 6.45) is 10.7. The predicted molar refractivity (Wildman–Crippen MR) is 76.1 cm³/mol. The maximum Gasteiger partial charge on any atom is 0.0480 e. The monoisotopic (exact) mass is 241 g/mol. The predicted octanol–water partition coefficient (Wildman–Crippen LogP) is 5.64. The van der Waals surface area contributed by atoms with Crippen LogP contribution in [-0.2, 0) is 0 Å². The molecule has 0 radical (unpaired) electrons. The highest BCUT2D eigenvalue weighted by molar-refractivity contribution is 6.18. The molecule has 0 fully saturated rings. The van der Waals surface area contributed by atoms with Crippen LogP contribution < -0.4 is 0 Å². The van der Waals surface area contributed by atoms with E-state index in [9.17, 15) is 0 Å². The summed E-state index contributed by atoms with van der Waals surface area (Å²) in [5, 5.41) is 0. The zero-order valence-corrected chi connectivity index (χ0v) is 11.8. The van der Waals surface area contributed by atoms with Crippen LogP contribution in [0.15, 0.2) is 34.9 Å². The molecule has 0 amide bonds. The van der Waals surface area contributed by atoms with Gasteiger partial charge in [0.05, 0.1) is 0 Å². The molecule has 0 aliphatic carbocycles. The van der Waals surface area contributed by atoms with Crippen LogP contribution in [0.2, 0.25) is 0 Å². The minimum Gasteiger partial charge on any atom is -0.122 e. The fourth-order valence-electron chi connectivity index (χ4n) is 1.43. The highest BCUT2D eigenvalue weighted by Gasteiger charge is 1.91. The summed E-state index contributed by atoms with van der Waals surface area (Å²) in [6.45, 7) is 8.50. The Morgan fingerprint density at radius 3 is 1.94 bits per heavy atom. The fraction of sp³-hybridized carbons (Fsp3) is 0.600. The van der Waals surface area contributed by atoms with Crippen molar-refractivity contribution in [1.82, 2.24) is 0 Å². The van der Waals surface area contributed by atoms with E-state index in [0.717, 1.165) is 25.7 Å². The van der Waals surface area contributed by atoms with Gasteiger partial charge < -0.3 is 0 Å². The summed E-state index contributed by atoms with van der Waals surface area (Å²) in [4.78, 5) is 0. The van der Waals surface area contributed by atoms with Gasteiger partial charge in [0.2, 0.25) is 0 Å². The van der Waals surface area contributed by atoms with Gasteiger partial charge in [-0.3, -0.25) is 0 Å². The van der Waals surface area contributed by atoms with Crippen LogP contribution in [0.4, 0.5) is 0 Å². The molecular weight excluding hydrogens is 216 g/mol. The molecule has 1 heteroatoms. The van der Waals surface area contributed by atoms with Gasteiger partial charge in [-0.15, -0.1) is 11.6 Å². The third kappa shape index (κ3) is 10.0. The van der Waals surface area contributed by atoms with Gasteiger partial charge >= 0.3 is 0 Å². The van der Waals surface area contributed by atoms with Gasteiger partial charge in [0.25, 0.3) is 0 Å². The summed E-state index contributed by atoms with van der Waals surface area (Å²) in [6, 6.07) is 0. The molecule has 0 aliphatic rings. The standard InChI is InChI=1S/C15H25Cl/c1-13(2)7-5-8-14(3)9-6-10-15(4)11-12-16/h7,9,11H,5-6,8,10,12H2,1-4H3/b14-9-,15-11+/i12D/t12-/m1/s1. The van der Waals surface area contributed by atoms with Gasteiger partial charge in [-0.2, -0.15) is 0 Å². The number of hydrogen-bond donors (Lipinski definition) is 0. The minimum absolute atomic E-state index is 0.599. The molecule has 0 aromatic rings. The smallest absolute Gasteiger partial charge is 0.0480 e. The van der Waals surface area contributed by atoms with E-state index in [0.29, 0.717) is 0 Å². The van der Waals surface area contributed by atoms with Crippen LogP contribution >= 0.6 is 11.6 Å². The average Bonchev–Trinajstić information content (AvgIpc) is 2.15. The second kappa shape index (κ2) is 9.72. The molecule has 0 aromatic carbocycles. The van der Waals surface area contributed by atoms with E-state index in [4.69, 9.17) is 13.0 Å². The molecule has 92 valence electrons. The molecule has 0 rings (SSSR count). The van der Waals surface area contributed by atoms with E-state index in [1.807, 2.05) is 6.92 Å². The van der Waals surface area contributed by atoms with E-state index < -0.39 is 5.86 Å². The van der Waals surface area contributed by atoms with Crippen molar-refractivity contribution in [2.24, 2.45) is 0 Å². The average molecular weight is 242 g/mol. The third-order valence-corrected chi connectivity index (χ3v) is 2.60. The quantitative estimate of drug-likeness (QED) is 0.399. The molecular formula is C15H25Cl. The Morgan fingerprint density at radius 2 is 1.44 bits per heavy atom. The van der Waals surface area contributed by atoms with Crippen molar-refractivity contribution in [2.75, 3.05) is 5.86 Å². The number of alkyl halides is 1. The van der Waals surface area contributed by atoms with Gasteiger partial charge in [0.1, 0.15) is 0 Å². The first-order valence-corrected chi connectivity index (χ1v) is 6.38. The first-order chi connectivity index (χ1) is 7.91. The third-order valence-electron chi connectivity index (χ3n) is 2.47. The zero-order valence-electron chi connectivity index (χ0n) is 12.0. The van der Waals surface area contributed by atoms with E-state index in [2.05, 4.69) is 32.9 Å². The number of allylic oxidation sites excluding steroid dienone is 6. The molecule has 0 heterocycles. The normalized spacial score (nSPS) is 15.7. The Hall–Kier alpha value is -0.490. The Labute approximate surface area is 107 Å². The summed E-state index contributed by atoms with van der Waals surface area (Å²) in [7, 11) is 0. The number of hydrogen-bond acceptors (Lipinski definition) is 0. The van der Waals surface area contributed by atoms with Crippen molar-refractivity contribution in [1.29, 1.82) is 0 Å². The van der Waals surface area contributed by atoms with Gasteiger partial charge in [-0.1, -0.05) is 34.9 Å². The lowest BCUT2D eigenvalue weighted by Gasteiger charge is -2.00. The fourth-order valence-corrected chi connectivity index (χ4v) is 1.64. The molecule has 0 aliphatic heterocycles. The lowest BCUT2D eigenvalue weighted by molar-refractivity contribution is 0.917. The number of rotatable bonds is 7. The minimum atomic E-state index is -0.599. The lowest BCUT2D eigenvalue weighted by Crippen LogP contribution is -1.81. The molecule has 0 bridgehead atoms. The molecule has 0 spiro atoms. The summed E-state index contributed by atoms with van der Waals surface area (Å²) in [5.74, 6) is -0.599. The van der Waals surface area contributed by atoms with Crippen molar-refractivity contribution < 1.29 is 1.37 Å². The van der Waals surface area contributed by atoms with E-state index >= 15 is 0 Å². The van der Waals surface area contributed by atoms with Crippen molar-refractivity contribution in [3.05, 3.63) is 34.9 Å². The maximum atomic E-state index is 7.23. The summed E-state index contributed by atoms with van der Waals surface area (Å²) in [5.41, 5.74) is 4.04. The largest absolute Gasteiger partial charge is 0.122 e. The second-order valence-electron chi connectivity index (χ2n) is 4.55. The molecule has 1 atom stereocenters. The Morgan fingerprint density at radius 1 is 0.938 bits per heavy atom. The van der Waals surface area contributed by atoms with Gasteiger partial charge in [0, 0.05) is 7.23 Å². The first kappa shape index (κ1) is 13.6. The van der Waals surface area contributed by atoms with Crippen molar-refractivity contribution >= 4 is 11.6 Å². The topological polar surface area (TPSA) is 0 Å². The maximum absolute atomic E-state index is 7.23.